The van der Waals surface area contributed by atoms with Gasteiger partial charge in [-0.1, -0.05) is 17.4 Å². The van der Waals surface area contributed by atoms with Gasteiger partial charge in [0.1, 0.15) is 0 Å². The maximum Gasteiger partial charge on any atom is 0.310 e. The van der Waals surface area contributed by atoms with Crippen LogP contribution in [0.3, 0.4) is 0 Å². The molecule has 2 N–H and O–H groups in total. The van der Waals surface area contributed by atoms with Gasteiger partial charge in [-0.05, 0) is 6.42 Å². The number of carbonyl (C=O) groups is 2. The number of carbonyl (C=O) groups excluding carboxylic acids is 1. The number of nitrogens with one attached hydrogen (secondary N) is 1. The highest BCUT2D eigenvalue weighted by Gasteiger charge is 2.25. The molecule has 18 heavy (non-hydrogen) atoms. The lowest BCUT2D eigenvalue weighted by molar-refractivity contribution is -0.140. The summed E-state index contributed by atoms with van der Waals surface area (Å²) < 4.78 is 1.57. The third kappa shape index (κ3) is 3.16. The normalized spacial score (nSPS) is 22.0. The summed E-state index contributed by atoms with van der Waals surface area (Å²) in [6.07, 6.45) is 7.30. The topological polar surface area (TPSA) is 97.1 Å². The van der Waals surface area contributed by atoms with Crippen LogP contribution in [0.1, 0.15) is 12.8 Å². The first-order valence-electron chi connectivity index (χ1n) is 5.70. The fraction of sp³-hybridized carbons (Fsp3) is 0.455. The second-order valence-electron chi connectivity index (χ2n) is 4.16. The molecule has 0 saturated heterocycles. The van der Waals surface area contributed by atoms with Gasteiger partial charge < -0.3 is 10.4 Å². The first kappa shape index (κ1) is 12.3. The molecule has 2 unspecified atom stereocenters. The molecular weight excluding hydrogens is 236 g/mol. The molecule has 1 aliphatic carbocycles. The molecule has 0 saturated carbocycles. The third-order valence-electron chi connectivity index (χ3n) is 2.79. The van der Waals surface area contributed by atoms with E-state index in [-0.39, 0.29) is 11.9 Å². The summed E-state index contributed by atoms with van der Waals surface area (Å²) in [5.74, 6) is -1.47. The van der Waals surface area contributed by atoms with E-state index < -0.39 is 11.9 Å². The Bertz CT molecular complexity index is 455. The molecule has 1 amide bonds. The van der Waals surface area contributed by atoms with Crippen LogP contribution in [0.2, 0.25) is 0 Å². The molecule has 1 aromatic rings. The van der Waals surface area contributed by atoms with E-state index in [1.165, 1.54) is 0 Å². The number of hydrogen-bond donors (Lipinski definition) is 2. The zero-order valence-corrected chi connectivity index (χ0v) is 9.69. The Hall–Kier alpha value is -2.18. The van der Waals surface area contributed by atoms with Crippen LogP contribution in [0, 0.1) is 5.92 Å². The van der Waals surface area contributed by atoms with Crippen LogP contribution in [0.4, 0.5) is 0 Å². The summed E-state index contributed by atoms with van der Waals surface area (Å²) in [7, 11) is 0. The molecule has 0 bridgehead atoms. The molecule has 0 spiro atoms. The lowest BCUT2D eigenvalue weighted by Crippen LogP contribution is -2.33. The highest BCUT2D eigenvalue weighted by molar-refractivity contribution is 5.77. The van der Waals surface area contributed by atoms with Crippen molar-refractivity contribution < 1.29 is 14.7 Å². The van der Waals surface area contributed by atoms with Crippen molar-refractivity contribution in [2.45, 2.75) is 25.4 Å². The van der Waals surface area contributed by atoms with Crippen LogP contribution in [0.25, 0.3) is 0 Å². The maximum atomic E-state index is 11.6. The molecule has 2 atom stereocenters. The van der Waals surface area contributed by atoms with Crippen molar-refractivity contribution in [3.8, 4) is 0 Å². The van der Waals surface area contributed by atoms with Gasteiger partial charge in [-0.25, -0.2) is 0 Å². The Morgan fingerprint density at radius 3 is 2.89 bits per heavy atom. The van der Waals surface area contributed by atoms with E-state index in [2.05, 4.69) is 15.6 Å². The molecule has 7 heteroatoms. The lowest BCUT2D eigenvalue weighted by atomic mass is 10.1. The van der Waals surface area contributed by atoms with Crippen LogP contribution >= 0.6 is 0 Å². The van der Waals surface area contributed by atoms with Gasteiger partial charge >= 0.3 is 5.97 Å². The minimum atomic E-state index is -0.856. The summed E-state index contributed by atoms with van der Waals surface area (Å²) >= 11 is 0. The average molecular weight is 250 g/mol. The zero-order valence-electron chi connectivity index (χ0n) is 9.69. The van der Waals surface area contributed by atoms with Crippen LogP contribution in [0.5, 0.6) is 0 Å². The SMILES string of the molecule is O=C(CCn1ccnn1)NC1C=CC(C(=O)O)C1. The number of carboxylic acids is 1. The van der Waals surface area contributed by atoms with E-state index in [1.807, 2.05) is 0 Å². The standard InChI is InChI=1S/C11H14N4O3/c16-10(3-5-15-6-4-12-14-15)13-9-2-1-8(7-9)11(17)18/h1-2,4,6,8-9H,3,5,7H2,(H,13,16)(H,17,18). The van der Waals surface area contributed by atoms with E-state index in [1.54, 1.807) is 29.2 Å². The van der Waals surface area contributed by atoms with Crippen molar-refractivity contribution >= 4 is 11.9 Å². The molecular formula is C11H14N4O3. The Morgan fingerprint density at radius 1 is 1.44 bits per heavy atom. The van der Waals surface area contributed by atoms with Crippen LogP contribution in [-0.2, 0) is 16.1 Å². The number of amides is 1. The zero-order chi connectivity index (χ0) is 13.0. The van der Waals surface area contributed by atoms with Crippen molar-refractivity contribution in [1.29, 1.82) is 0 Å². The van der Waals surface area contributed by atoms with Crippen molar-refractivity contribution in [3.05, 3.63) is 24.5 Å². The predicted molar refractivity (Wildman–Crippen MR) is 61.5 cm³/mol. The monoisotopic (exact) mass is 250 g/mol. The van der Waals surface area contributed by atoms with Gasteiger partial charge in [0.2, 0.25) is 5.91 Å². The number of aromatic nitrogens is 3. The first-order chi connectivity index (χ1) is 8.65. The minimum absolute atomic E-state index is 0.119. The van der Waals surface area contributed by atoms with E-state index >= 15 is 0 Å². The number of nitrogens with zero attached hydrogens (tertiary/aromatic N) is 3. The summed E-state index contributed by atoms with van der Waals surface area (Å²) in [6, 6.07) is -0.186. The van der Waals surface area contributed by atoms with Gasteiger partial charge in [-0.2, -0.15) is 0 Å². The van der Waals surface area contributed by atoms with Gasteiger partial charge in [0.25, 0.3) is 0 Å². The van der Waals surface area contributed by atoms with Crippen molar-refractivity contribution in [2.75, 3.05) is 0 Å². The smallest absolute Gasteiger partial charge is 0.310 e. The van der Waals surface area contributed by atoms with Crippen LogP contribution in [-0.4, -0.2) is 38.0 Å². The summed E-state index contributed by atoms with van der Waals surface area (Å²) in [5.41, 5.74) is 0. The van der Waals surface area contributed by atoms with Crippen molar-refractivity contribution in [1.82, 2.24) is 20.3 Å². The summed E-state index contributed by atoms with van der Waals surface area (Å²) in [4.78, 5) is 22.3. The van der Waals surface area contributed by atoms with Gasteiger partial charge in [-0.15, -0.1) is 5.10 Å². The van der Waals surface area contributed by atoms with Crippen LogP contribution in [0.15, 0.2) is 24.5 Å². The number of hydrogen-bond acceptors (Lipinski definition) is 4. The molecule has 0 aromatic carbocycles. The molecule has 0 aliphatic heterocycles. The number of aryl methyl sites for hydroxylation is 1. The Morgan fingerprint density at radius 2 is 2.28 bits per heavy atom. The predicted octanol–water partition coefficient (Wildman–Crippen LogP) is -0.186. The third-order valence-corrected chi connectivity index (χ3v) is 2.79. The molecule has 96 valence electrons. The molecule has 2 rings (SSSR count). The molecule has 0 radical (unpaired) electrons. The summed E-state index contributed by atoms with van der Waals surface area (Å²) in [5, 5.41) is 19.0. The second-order valence-corrected chi connectivity index (χ2v) is 4.16. The quantitative estimate of drug-likeness (QED) is 0.706. The number of carboxylic acid groups (broad SMARTS) is 1. The highest BCUT2D eigenvalue weighted by Crippen LogP contribution is 2.17. The highest BCUT2D eigenvalue weighted by atomic mass is 16.4. The minimum Gasteiger partial charge on any atom is -0.481 e. The molecule has 1 aliphatic rings. The van der Waals surface area contributed by atoms with Gasteiger partial charge in [0, 0.05) is 18.7 Å². The van der Waals surface area contributed by atoms with Crippen molar-refractivity contribution in [2.24, 2.45) is 5.92 Å². The first-order valence-corrected chi connectivity index (χ1v) is 5.70. The average Bonchev–Trinajstić information content (AvgIpc) is 2.96. The molecule has 7 nitrogen and oxygen atoms in total. The van der Waals surface area contributed by atoms with E-state index in [0.29, 0.717) is 19.4 Å². The number of aliphatic carboxylic acids is 1. The van der Waals surface area contributed by atoms with Crippen molar-refractivity contribution in [3.63, 3.8) is 0 Å². The Kier molecular flexibility index (Phi) is 3.71. The Labute approximate surface area is 103 Å². The summed E-state index contributed by atoms with van der Waals surface area (Å²) in [6.45, 7) is 0.463. The Balaban J connectivity index is 1.72. The van der Waals surface area contributed by atoms with Gasteiger partial charge in [0.15, 0.2) is 0 Å². The molecule has 0 fully saturated rings. The van der Waals surface area contributed by atoms with E-state index in [4.69, 9.17) is 5.11 Å². The fourth-order valence-electron chi connectivity index (χ4n) is 1.84. The van der Waals surface area contributed by atoms with Crippen LogP contribution < -0.4 is 5.32 Å². The van der Waals surface area contributed by atoms with E-state index in [0.717, 1.165) is 0 Å². The van der Waals surface area contributed by atoms with E-state index in [9.17, 15) is 9.59 Å². The largest absolute Gasteiger partial charge is 0.481 e. The maximum absolute atomic E-state index is 11.6. The fourth-order valence-corrected chi connectivity index (χ4v) is 1.84. The lowest BCUT2D eigenvalue weighted by Gasteiger charge is -2.11. The molecule has 1 aromatic heterocycles. The second kappa shape index (κ2) is 5.44. The number of rotatable bonds is 5. The molecule has 1 heterocycles. The van der Waals surface area contributed by atoms with Gasteiger partial charge in [0.05, 0.1) is 18.7 Å². The van der Waals surface area contributed by atoms with Gasteiger partial charge in [-0.3, -0.25) is 14.3 Å².